The quantitative estimate of drug-likeness (QED) is 0.474. The van der Waals surface area contributed by atoms with Crippen molar-refractivity contribution in [3.8, 4) is 11.3 Å². The van der Waals surface area contributed by atoms with E-state index in [1.165, 1.54) is 46.4 Å². The third-order valence-electron chi connectivity index (χ3n) is 5.24. The number of halogens is 1. The van der Waals surface area contributed by atoms with Crippen LogP contribution in [0.1, 0.15) is 37.2 Å². The van der Waals surface area contributed by atoms with Crippen LogP contribution in [0.2, 0.25) is 0 Å². The van der Waals surface area contributed by atoms with Crippen LogP contribution in [0.5, 0.6) is 0 Å². The predicted molar refractivity (Wildman–Crippen MR) is 103 cm³/mol. The number of rotatable bonds is 0. The van der Waals surface area contributed by atoms with E-state index in [0.717, 1.165) is 11.9 Å². The van der Waals surface area contributed by atoms with Crippen molar-refractivity contribution in [2.75, 3.05) is 0 Å². The zero-order valence-corrected chi connectivity index (χ0v) is 16.1. The summed E-state index contributed by atoms with van der Waals surface area (Å²) in [5, 5.41) is 1.33. The minimum absolute atomic E-state index is 0. The van der Waals surface area contributed by atoms with Gasteiger partial charge in [0.25, 0.3) is 0 Å². The van der Waals surface area contributed by atoms with E-state index in [9.17, 15) is 0 Å². The maximum absolute atomic E-state index is 4.90. The Kier molecular flexibility index (Phi) is 3.75. The van der Waals surface area contributed by atoms with Gasteiger partial charge >= 0.3 is 0 Å². The van der Waals surface area contributed by atoms with E-state index in [2.05, 4.69) is 56.7 Å². The van der Waals surface area contributed by atoms with Crippen LogP contribution in [0.15, 0.2) is 24.3 Å². The van der Waals surface area contributed by atoms with Crippen molar-refractivity contribution >= 4 is 34.9 Å². The summed E-state index contributed by atoms with van der Waals surface area (Å²) in [5.74, 6) is 0. The highest BCUT2D eigenvalue weighted by atomic mass is 127. The highest BCUT2D eigenvalue weighted by Gasteiger charge is 2.31. The Labute approximate surface area is 149 Å². The standard InChI is InChI=1S/C19H22N2.HI/c1-12-18-17(13-7-5-6-8-15(13)20-18)14-9-10-19(2,3)11-16(14)21(12)4;/h5-8H,9-11H2,1-4H3;1H. The molecule has 2 aliphatic heterocycles. The van der Waals surface area contributed by atoms with Gasteiger partial charge in [-0.1, -0.05) is 32.0 Å². The van der Waals surface area contributed by atoms with Crippen LogP contribution in [-0.2, 0) is 19.9 Å². The van der Waals surface area contributed by atoms with Crippen molar-refractivity contribution < 1.29 is 0 Å². The first-order valence-corrected chi connectivity index (χ1v) is 7.83. The van der Waals surface area contributed by atoms with Crippen LogP contribution in [-0.4, -0.2) is 9.55 Å². The van der Waals surface area contributed by atoms with Gasteiger partial charge in [0, 0.05) is 29.4 Å². The van der Waals surface area contributed by atoms with Crippen molar-refractivity contribution in [3.05, 3.63) is 41.2 Å². The molecule has 4 rings (SSSR count). The molecule has 116 valence electrons. The molecule has 0 saturated heterocycles. The van der Waals surface area contributed by atoms with Crippen molar-refractivity contribution in [3.63, 3.8) is 0 Å². The fourth-order valence-corrected chi connectivity index (χ4v) is 3.86. The van der Waals surface area contributed by atoms with Gasteiger partial charge < -0.3 is 4.57 Å². The highest BCUT2D eigenvalue weighted by Crippen LogP contribution is 2.44. The molecular weight excluding hydrogens is 383 g/mol. The lowest BCUT2D eigenvalue weighted by Gasteiger charge is -2.35. The summed E-state index contributed by atoms with van der Waals surface area (Å²) < 4.78 is 2.38. The van der Waals surface area contributed by atoms with Gasteiger partial charge in [-0.25, -0.2) is 4.98 Å². The molecule has 0 unspecified atom stereocenters. The fraction of sp³-hybridized carbons (Fsp3) is 0.421. The fourth-order valence-electron chi connectivity index (χ4n) is 3.86. The average Bonchev–Trinajstić information content (AvgIpc) is 2.84. The molecule has 0 saturated carbocycles. The second-order valence-electron chi connectivity index (χ2n) is 7.26. The van der Waals surface area contributed by atoms with E-state index in [1.54, 1.807) is 0 Å². The van der Waals surface area contributed by atoms with Gasteiger partial charge in [-0.05, 0) is 43.2 Å². The molecule has 1 aromatic carbocycles. The van der Waals surface area contributed by atoms with Gasteiger partial charge in [-0.3, -0.25) is 0 Å². The molecule has 22 heavy (non-hydrogen) atoms. The highest BCUT2D eigenvalue weighted by molar-refractivity contribution is 14.0. The maximum Gasteiger partial charge on any atom is 0.0911 e. The number of benzene rings is 1. The third kappa shape index (κ3) is 2.16. The van der Waals surface area contributed by atoms with Crippen LogP contribution in [0.4, 0.5) is 0 Å². The summed E-state index contributed by atoms with van der Waals surface area (Å²) in [7, 11) is 2.20. The van der Waals surface area contributed by atoms with E-state index in [1.807, 2.05) is 0 Å². The minimum atomic E-state index is 0. The Morgan fingerprint density at radius 3 is 2.68 bits per heavy atom. The summed E-state index contributed by atoms with van der Waals surface area (Å²) in [6.07, 6.45) is 3.59. The van der Waals surface area contributed by atoms with Crippen LogP contribution in [0, 0.1) is 12.3 Å². The number of para-hydroxylation sites is 1. The molecule has 2 heterocycles. The van der Waals surface area contributed by atoms with Crippen LogP contribution in [0.3, 0.4) is 0 Å². The summed E-state index contributed by atoms with van der Waals surface area (Å²) >= 11 is 0. The van der Waals surface area contributed by atoms with Crippen molar-refractivity contribution in [2.24, 2.45) is 12.5 Å². The molecular formula is C19H23IN2. The maximum atomic E-state index is 4.90. The van der Waals surface area contributed by atoms with Crippen molar-refractivity contribution in [1.29, 1.82) is 0 Å². The minimum Gasteiger partial charge on any atom is -0.350 e. The number of pyridine rings is 1. The summed E-state index contributed by atoms with van der Waals surface area (Å²) in [6, 6.07) is 8.57. The Bertz CT molecular complexity index is 829. The summed E-state index contributed by atoms with van der Waals surface area (Å²) in [6.45, 7) is 6.98. The molecule has 0 aromatic heterocycles. The van der Waals surface area contributed by atoms with Crippen LogP contribution < -0.4 is 0 Å². The van der Waals surface area contributed by atoms with Gasteiger partial charge in [-0.2, -0.15) is 0 Å². The third-order valence-corrected chi connectivity index (χ3v) is 5.24. The molecule has 0 radical (unpaired) electrons. The lowest BCUT2D eigenvalue weighted by Crippen LogP contribution is -2.27. The van der Waals surface area contributed by atoms with Gasteiger partial charge in [0.15, 0.2) is 0 Å². The first-order valence-electron chi connectivity index (χ1n) is 7.83. The molecule has 1 aromatic rings. The number of hydrogen-bond donors (Lipinski definition) is 0. The lowest BCUT2D eigenvalue weighted by molar-refractivity contribution is 0.305. The first kappa shape index (κ1) is 15.8. The number of fused-ring (bicyclic) bond motifs is 5. The monoisotopic (exact) mass is 406 g/mol. The normalized spacial score (nSPS) is 16.5. The summed E-state index contributed by atoms with van der Waals surface area (Å²) in [4.78, 5) is 4.90. The van der Waals surface area contributed by atoms with E-state index >= 15 is 0 Å². The van der Waals surface area contributed by atoms with Crippen molar-refractivity contribution in [2.45, 2.75) is 40.0 Å². The van der Waals surface area contributed by atoms with E-state index in [0.29, 0.717) is 5.41 Å². The molecule has 0 amide bonds. The lowest BCUT2D eigenvalue weighted by atomic mass is 9.74. The molecule has 0 N–H and O–H groups in total. The second kappa shape index (κ2) is 5.22. The van der Waals surface area contributed by atoms with Gasteiger partial charge in [0.1, 0.15) is 0 Å². The Hall–Kier alpha value is -1.10. The van der Waals surface area contributed by atoms with Gasteiger partial charge in [0.05, 0.1) is 11.2 Å². The topological polar surface area (TPSA) is 17.8 Å². The molecule has 3 heteroatoms. The smallest absolute Gasteiger partial charge is 0.0911 e. The average molecular weight is 406 g/mol. The molecule has 1 aliphatic carbocycles. The van der Waals surface area contributed by atoms with Crippen LogP contribution in [0.25, 0.3) is 22.2 Å². The summed E-state index contributed by atoms with van der Waals surface area (Å²) in [5.41, 5.74) is 8.47. The molecule has 2 nitrogen and oxygen atoms in total. The van der Waals surface area contributed by atoms with E-state index in [-0.39, 0.29) is 24.0 Å². The second-order valence-corrected chi connectivity index (χ2v) is 7.26. The molecule has 0 atom stereocenters. The van der Waals surface area contributed by atoms with Crippen LogP contribution >= 0.6 is 24.0 Å². The molecule has 0 fully saturated rings. The molecule has 0 spiro atoms. The largest absolute Gasteiger partial charge is 0.350 e. The number of hydrogen-bond acceptors (Lipinski definition) is 1. The van der Waals surface area contributed by atoms with Crippen molar-refractivity contribution in [1.82, 2.24) is 9.55 Å². The Morgan fingerprint density at radius 2 is 1.91 bits per heavy atom. The zero-order valence-electron chi connectivity index (χ0n) is 13.7. The molecule has 0 bridgehead atoms. The van der Waals surface area contributed by atoms with E-state index < -0.39 is 0 Å². The SMILES string of the molecule is Cc1c2nc3ccccc3c-2c2c(n1C)CC(C)(C)CC2.I. The number of nitrogens with zero attached hydrogens (tertiary/aromatic N) is 2. The Morgan fingerprint density at radius 1 is 1.18 bits per heavy atom. The first-order chi connectivity index (χ1) is 9.98. The number of aromatic nitrogens is 2. The van der Waals surface area contributed by atoms with Gasteiger partial charge in [0.2, 0.25) is 0 Å². The van der Waals surface area contributed by atoms with Gasteiger partial charge in [-0.15, -0.1) is 24.0 Å². The van der Waals surface area contributed by atoms with E-state index in [4.69, 9.17) is 4.98 Å². The predicted octanol–water partition coefficient (Wildman–Crippen LogP) is 5.12. The Balaban J connectivity index is 0.00000144. The molecule has 3 aliphatic rings. The zero-order chi connectivity index (χ0) is 14.8.